The molecule has 1 aromatic carbocycles. The van der Waals surface area contributed by atoms with Gasteiger partial charge in [0, 0.05) is 12.3 Å². The number of rotatable bonds is 8. The van der Waals surface area contributed by atoms with Crippen molar-refractivity contribution in [3.05, 3.63) is 48.7 Å². The van der Waals surface area contributed by atoms with Gasteiger partial charge in [0.15, 0.2) is 6.61 Å². The molecule has 2 aromatic rings. The van der Waals surface area contributed by atoms with Crippen LogP contribution in [0.4, 0.5) is 0 Å². The number of carboxylic acid groups (broad SMARTS) is 1. The number of amides is 1. The Kier molecular flexibility index (Phi) is 5.36. The highest BCUT2D eigenvalue weighted by Crippen LogP contribution is 2.34. The normalized spacial score (nSPS) is 14.8. The smallest absolute Gasteiger partial charge is 0.305 e. The molecule has 0 atom stereocenters. The lowest BCUT2D eigenvalue weighted by atomic mass is 9.74. The van der Waals surface area contributed by atoms with Crippen LogP contribution in [0.1, 0.15) is 25.7 Å². The van der Waals surface area contributed by atoms with Gasteiger partial charge in [-0.05, 0) is 49.6 Å². The predicted octanol–water partition coefficient (Wildman–Crippen LogP) is 2.77. The molecule has 1 fully saturated rings. The molecular weight excluding hydrogens is 336 g/mol. The lowest BCUT2D eigenvalue weighted by molar-refractivity contribution is -0.140. The molecule has 1 aromatic heterocycles. The van der Waals surface area contributed by atoms with E-state index in [0.29, 0.717) is 30.2 Å². The first-order valence-corrected chi connectivity index (χ1v) is 8.39. The molecule has 0 bridgehead atoms. The summed E-state index contributed by atoms with van der Waals surface area (Å²) in [6.07, 6.45) is 3.88. The number of carbonyl (C=O) groups excluding carboxylic acids is 1. The molecule has 0 spiro atoms. The Balaban J connectivity index is 1.48. The van der Waals surface area contributed by atoms with E-state index in [9.17, 15) is 9.59 Å². The first-order valence-electron chi connectivity index (χ1n) is 8.39. The number of benzene rings is 1. The zero-order chi connectivity index (χ0) is 18.4. The zero-order valence-electron chi connectivity index (χ0n) is 14.2. The molecule has 3 rings (SSSR count). The minimum Gasteiger partial charge on any atom is -0.484 e. The van der Waals surface area contributed by atoms with E-state index in [1.54, 1.807) is 42.6 Å². The Morgan fingerprint density at radius 3 is 2.42 bits per heavy atom. The first-order chi connectivity index (χ1) is 12.5. The fraction of sp³-hybridized carbons (Fsp3) is 0.316. The van der Waals surface area contributed by atoms with Crippen LogP contribution >= 0.6 is 0 Å². The third-order valence-corrected chi connectivity index (χ3v) is 4.26. The number of hydrogen-bond acceptors (Lipinski definition) is 5. The molecule has 136 valence electrons. The maximum Gasteiger partial charge on any atom is 0.305 e. The summed E-state index contributed by atoms with van der Waals surface area (Å²) in [6, 6.07) is 12.2. The summed E-state index contributed by atoms with van der Waals surface area (Å²) in [4.78, 5) is 27.1. The Bertz CT molecular complexity index is 757. The number of ether oxygens (including phenoxy) is 2. The average Bonchev–Trinajstić information content (AvgIpc) is 2.60. The molecule has 1 aliphatic carbocycles. The van der Waals surface area contributed by atoms with E-state index in [-0.39, 0.29) is 18.9 Å². The van der Waals surface area contributed by atoms with Crippen LogP contribution in [-0.4, -0.2) is 34.1 Å². The molecule has 26 heavy (non-hydrogen) atoms. The van der Waals surface area contributed by atoms with Crippen LogP contribution in [0.15, 0.2) is 48.7 Å². The summed E-state index contributed by atoms with van der Waals surface area (Å²) < 4.78 is 11.0. The maximum absolute atomic E-state index is 12.1. The van der Waals surface area contributed by atoms with E-state index in [1.165, 1.54) is 0 Å². The average molecular weight is 356 g/mol. The van der Waals surface area contributed by atoms with Crippen molar-refractivity contribution in [1.82, 2.24) is 10.3 Å². The van der Waals surface area contributed by atoms with Gasteiger partial charge in [-0.3, -0.25) is 9.59 Å². The minimum atomic E-state index is -0.908. The Morgan fingerprint density at radius 2 is 1.85 bits per heavy atom. The molecule has 1 saturated carbocycles. The molecule has 0 unspecified atom stereocenters. The van der Waals surface area contributed by atoms with E-state index in [1.807, 2.05) is 6.07 Å². The van der Waals surface area contributed by atoms with Crippen molar-refractivity contribution in [2.24, 2.45) is 0 Å². The molecule has 1 amide bonds. The van der Waals surface area contributed by atoms with E-state index < -0.39 is 11.5 Å². The quantitative estimate of drug-likeness (QED) is 0.755. The second-order valence-electron chi connectivity index (χ2n) is 6.28. The van der Waals surface area contributed by atoms with Crippen LogP contribution in [0.2, 0.25) is 0 Å². The Labute approximate surface area is 151 Å². The number of aromatic nitrogens is 1. The van der Waals surface area contributed by atoms with Crippen molar-refractivity contribution >= 4 is 11.9 Å². The minimum absolute atomic E-state index is 0.0572. The summed E-state index contributed by atoms with van der Waals surface area (Å²) in [5, 5.41) is 11.8. The second kappa shape index (κ2) is 7.86. The van der Waals surface area contributed by atoms with Gasteiger partial charge in [-0.2, -0.15) is 0 Å². The molecule has 7 nitrogen and oxygen atoms in total. The van der Waals surface area contributed by atoms with Gasteiger partial charge in [0.25, 0.3) is 5.91 Å². The SMILES string of the molecule is O=C(O)CC1(NC(=O)COc2ccc(Oc3ccccn3)cc2)CCC1. The molecule has 0 aliphatic heterocycles. The summed E-state index contributed by atoms with van der Waals surface area (Å²) >= 11 is 0. The number of carboxylic acids is 1. The van der Waals surface area contributed by atoms with Gasteiger partial charge in [-0.15, -0.1) is 0 Å². The van der Waals surface area contributed by atoms with Gasteiger partial charge in [0.1, 0.15) is 11.5 Å². The van der Waals surface area contributed by atoms with E-state index >= 15 is 0 Å². The first kappa shape index (κ1) is 17.7. The number of pyridine rings is 1. The number of hydrogen-bond donors (Lipinski definition) is 2. The monoisotopic (exact) mass is 356 g/mol. The fourth-order valence-electron chi connectivity index (χ4n) is 2.85. The lowest BCUT2D eigenvalue weighted by Crippen LogP contribution is -2.55. The molecule has 1 heterocycles. The molecular formula is C19H20N2O5. The summed E-state index contributed by atoms with van der Waals surface area (Å²) in [6.45, 7) is -0.165. The van der Waals surface area contributed by atoms with Gasteiger partial charge >= 0.3 is 5.97 Å². The topological polar surface area (TPSA) is 97.8 Å². The number of aliphatic carboxylic acids is 1. The molecule has 0 radical (unpaired) electrons. The van der Waals surface area contributed by atoms with Crippen LogP contribution in [-0.2, 0) is 9.59 Å². The number of nitrogens with zero attached hydrogens (tertiary/aromatic N) is 1. The highest BCUT2D eigenvalue weighted by atomic mass is 16.5. The second-order valence-corrected chi connectivity index (χ2v) is 6.28. The van der Waals surface area contributed by atoms with Crippen molar-refractivity contribution in [2.75, 3.05) is 6.61 Å². The van der Waals surface area contributed by atoms with Gasteiger partial charge in [0.2, 0.25) is 5.88 Å². The van der Waals surface area contributed by atoms with Crippen LogP contribution in [0.25, 0.3) is 0 Å². The van der Waals surface area contributed by atoms with Gasteiger partial charge in [0.05, 0.1) is 12.0 Å². The standard InChI is InChI=1S/C19H20N2O5/c22-16(21-19(9-3-10-19)12-18(23)24)13-25-14-5-7-15(8-6-14)26-17-4-1-2-11-20-17/h1-2,4-8,11H,3,9-10,12-13H2,(H,21,22)(H,23,24). The van der Waals surface area contributed by atoms with Gasteiger partial charge < -0.3 is 19.9 Å². The van der Waals surface area contributed by atoms with E-state index in [2.05, 4.69) is 10.3 Å². The van der Waals surface area contributed by atoms with Crippen molar-refractivity contribution in [2.45, 2.75) is 31.2 Å². The fourth-order valence-corrected chi connectivity index (χ4v) is 2.85. The summed E-state index contributed by atoms with van der Waals surface area (Å²) in [7, 11) is 0. The van der Waals surface area contributed by atoms with Crippen molar-refractivity contribution in [3.8, 4) is 17.4 Å². The summed E-state index contributed by atoms with van der Waals surface area (Å²) in [5.41, 5.74) is -0.618. The third kappa shape index (κ3) is 4.72. The van der Waals surface area contributed by atoms with E-state index in [4.69, 9.17) is 14.6 Å². The maximum atomic E-state index is 12.1. The lowest BCUT2D eigenvalue weighted by Gasteiger charge is -2.41. The van der Waals surface area contributed by atoms with Crippen molar-refractivity contribution < 1.29 is 24.2 Å². The van der Waals surface area contributed by atoms with Crippen LogP contribution in [0.5, 0.6) is 17.4 Å². The predicted molar refractivity (Wildman–Crippen MR) is 93.2 cm³/mol. The highest BCUT2D eigenvalue weighted by Gasteiger charge is 2.40. The van der Waals surface area contributed by atoms with Crippen molar-refractivity contribution in [1.29, 1.82) is 0 Å². The highest BCUT2D eigenvalue weighted by molar-refractivity contribution is 5.80. The summed E-state index contributed by atoms with van der Waals surface area (Å²) in [5.74, 6) is 0.392. The molecule has 0 saturated heterocycles. The van der Waals surface area contributed by atoms with Crippen LogP contribution in [0.3, 0.4) is 0 Å². The van der Waals surface area contributed by atoms with Crippen LogP contribution < -0.4 is 14.8 Å². The molecule has 1 aliphatic rings. The number of nitrogens with one attached hydrogen (secondary N) is 1. The zero-order valence-corrected chi connectivity index (χ0v) is 14.2. The van der Waals surface area contributed by atoms with Gasteiger partial charge in [-0.25, -0.2) is 4.98 Å². The molecule has 7 heteroatoms. The molecule has 2 N–H and O–H groups in total. The Hall–Kier alpha value is -3.09. The van der Waals surface area contributed by atoms with Crippen LogP contribution in [0, 0.1) is 0 Å². The third-order valence-electron chi connectivity index (χ3n) is 4.26. The van der Waals surface area contributed by atoms with E-state index in [0.717, 1.165) is 6.42 Å². The van der Waals surface area contributed by atoms with Gasteiger partial charge in [-0.1, -0.05) is 6.07 Å². The van der Waals surface area contributed by atoms with Crippen molar-refractivity contribution in [3.63, 3.8) is 0 Å². The Morgan fingerprint density at radius 1 is 1.12 bits per heavy atom. The number of carbonyl (C=O) groups is 2. The largest absolute Gasteiger partial charge is 0.484 e.